The number of rotatable bonds is 2. The molecule has 0 fully saturated rings. The van der Waals surface area contributed by atoms with Crippen molar-refractivity contribution in [2.24, 2.45) is 0 Å². The largest absolute Gasteiger partial charge is 0.323 e. The van der Waals surface area contributed by atoms with E-state index in [1.807, 2.05) is 22.9 Å². The van der Waals surface area contributed by atoms with Gasteiger partial charge in [-0.2, -0.15) is 0 Å². The Kier molecular flexibility index (Phi) is 1.92. The number of aldehydes is 1. The second-order valence-corrected chi connectivity index (χ2v) is 2.68. The zero-order valence-corrected chi connectivity index (χ0v) is 6.92. The number of hydrogen-bond acceptors (Lipinski definition) is 2. The Hall–Kier alpha value is -1.90. The van der Waals surface area contributed by atoms with Crippen molar-refractivity contribution in [2.75, 3.05) is 0 Å². The lowest BCUT2D eigenvalue weighted by Crippen LogP contribution is -1.88. The van der Waals surface area contributed by atoms with E-state index in [0.717, 1.165) is 12.0 Å². The molecule has 0 aromatic carbocycles. The summed E-state index contributed by atoms with van der Waals surface area (Å²) >= 11 is 0. The third kappa shape index (κ3) is 1.49. The Labute approximate surface area is 75.7 Å². The second kappa shape index (κ2) is 3.23. The molecule has 0 bridgehead atoms. The van der Waals surface area contributed by atoms with Gasteiger partial charge in [0.2, 0.25) is 0 Å². The minimum absolute atomic E-state index is 0.678. The minimum atomic E-state index is 0.678. The van der Waals surface area contributed by atoms with Crippen LogP contribution in [0, 0.1) is 0 Å². The highest BCUT2D eigenvalue weighted by Gasteiger charge is 1.96. The van der Waals surface area contributed by atoms with Gasteiger partial charge in [-0.05, 0) is 18.2 Å². The maximum atomic E-state index is 10.4. The summed E-state index contributed by atoms with van der Waals surface area (Å²) in [4.78, 5) is 14.3. The molecule has 3 heteroatoms. The lowest BCUT2D eigenvalue weighted by atomic mass is 10.4. The lowest BCUT2D eigenvalue weighted by Gasteiger charge is -1.99. The molecule has 0 aliphatic rings. The third-order valence-electron chi connectivity index (χ3n) is 1.81. The summed E-state index contributed by atoms with van der Waals surface area (Å²) in [7, 11) is 0. The van der Waals surface area contributed by atoms with E-state index in [4.69, 9.17) is 0 Å². The molecule has 0 N–H and O–H groups in total. The van der Waals surface area contributed by atoms with Crippen molar-refractivity contribution in [3.05, 3.63) is 48.5 Å². The number of nitrogens with zero attached hydrogens (tertiary/aromatic N) is 2. The highest BCUT2D eigenvalue weighted by atomic mass is 16.1. The van der Waals surface area contributed by atoms with Crippen LogP contribution >= 0.6 is 0 Å². The molecule has 0 saturated heterocycles. The first-order chi connectivity index (χ1) is 6.40. The van der Waals surface area contributed by atoms with Crippen molar-refractivity contribution in [2.45, 2.75) is 0 Å². The standard InChI is InChI=1S/C10H8N2O/c13-8-9-3-6-12(7-9)10-1-4-11-5-2-10/h1-8H. The molecule has 64 valence electrons. The van der Waals surface area contributed by atoms with E-state index < -0.39 is 0 Å². The average Bonchev–Trinajstić information content (AvgIpc) is 2.67. The molecule has 2 rings (SSSR count). The fraction of sp³-hybridized carbons (Fsp3) is 0. The van der Waals surface area contributed by atoms with Crippen LogP contribution in [0.3, 0.4) is 0 Å². The molecule has 0 atom stereocenters. The normalized spacial score (nSPS) is 9.85. The molecule has 0 saturated carbocycles. The zero-order valence-electron chi connectivity index (χ0n) is 6.92. The van der Waals surface area contributed by atoms with Crippen LogP contribution in [0.4, 0.5) is 0 Å². The smallest absolute Gasteiger partial charge is 0.151 e. The SMILES string of the molecule is O=Cc1ccn(-c2ccncc2)c1. The van der Waals surface area contributed by atoms with E-state index in [1.54, 1.807) is 24.7 Å². The molecule has 3 nitrogen and oxygen atoms in total. The van der Waals surface area contributed by atoms with Crippen LogP contribution in [0.15, 0.2) is 43.0 Å². The monoisotopic (exact) mass is 172 g/mol. The number of carbonyl (C=O) groups is 1. The molecule has 2 aromatic rings. The molecule has 0 radical (unpaired) electrons. The molecule has 0 spiro atoms. The van der Waals surface area contributed by atoms with Crippen molar-refractivity contribution in [3.63, 3.8) is 0 Å². The van der Waals surface area contributed by atoms with E-state index in [1.165, 1.54) is 0 Å². The topological polar surface area (TPSA) is 34.9 Å². The van der Waals surface area contributed by atoms with Crippen LogP contribution in [0.5, 0.6) is 0 Å². The van der Waals surface area contributed by atoms with Gasteiger partial charge in [-0.1, -0.05) is 0 Å². The van der Waals surface area contributed by atoms with Crippen LogP contribution in [-0.2, 0) is 0 Å². The van der Waals surface area contributed by atoms with Gasteiger partial charge in [0, 0.05) is 36.0 Å². The predicted molar refractivity (Wildman–Crippen MR) is 49.0 cm³/mol. The number of aromatic nitrogens is 2. The Morgan fingerprint density at radius 2 is 2.00 bits per heavy atom. The van der Waals surface area contributed by atoms with Gasteiger partial charge in [-0.3, -0.25) is 9.78 Å². The van der Waals surface area contributed by atoms with E-state index in [9.17, 15) is 4.79 Å². The second-order valence-electron chi connectivity index (χ2n) is 2.68. The molecule has 0 aliphatic heterocycles. The lowest BCUT2D eigenvalue weighted by molar-refractivity contribution is 0.112. The van der Waals surface area contributed by atoms with Crippen molar-refractivity contribution in [1.82, 2.24) is 9.55 Å². The molecule has 2 heterocycles. The Balaban J connectivity index is 2.41. The molecule has 13 heavy (non-hydrogen) atoms. The van der Waals surface area contributed by atoms with Crippen LogP contribution in [0.1, 0.15) is 10.4 Å². The van der Waals surface area contributed by atoms with Crippen molar-refractivity contribution >= 4 is 6.29 Å². The number of pyridine rings is 1. The highest BCUT2D eigenvalue weighted by Crippen LogP contribution is 2.07. The van der Waals surface area contributed by atoms with E-state index in [0.29, 0.717) is 5.56 Å². The van der Waals surface area contributed by atoms with Gasteiger partial charge < -0.3 is 4.57 Å². The van der Waals surface area contributed by atoms with Gasteiger partial charge in [-0.25, -0.2) is 0 Å². The van der Waals surface area contributed by atoms with Crippen molar-refractivity contribution in [3.8, 4) is 5.69 Å². The summed E-state index contributed by atoms with van der Waals surface area (Å²) < 4.78 is 1.88. The number of hydrogen-bond donors (Lipinski definition) is 0. The maximum absolute atomic E-state index is 10.4. The van der Waals surface area contributed by atoms with E-state index in [-0.39, 0.29) is 0 Å². The van der Waals surface area contributed by atoms with Gasteiger partial charge in [0.15, 0.2) is 6.29 Å². The average molecular weight is 172 g/mol. The Bertz CT molecular complexity index is 406. The summed E-state index contributed by atoms with van der Waals surface area (Å²) in [6.07, 6.45) is 7.89. The summed E-state index contributed by atoms with van der Waals surface area (Å²) in [5, 5.41) is 0. The summed E-state index contributed by atoms with van der Waals surface area (Å²) in [5.41, 5.74) is 1.68. The fourth-order valence-corrected chi connectivity index (χ4v) is 1.16. The quantitative estimate of drug-likeness (QED) is 0.646. The number of carbonyl (C=O) groups excluding carboxylic acids is 1. The molecule has 0 amide bonds. The van der Waals surface area contributed by atoms with Gasteiger partial charge in [0.05, 0.1) is 0 Å². The maximum Gasteiger partial charge on any atom is 0.151 e. The van der Waals surface area contributed by atoms with Crippen LogP contribution in [-0.4, -0.2) is 15.8 Å². The summed E-state index contributed by atoms with van der Waals surface area (Å²) in [5.74, 6) is 0. The van der Waals surface area contributed by atoms with Crippen LogP contribution in [0.25, 0.3) is 5.69 Å². The Morgan fingerprint density at radius 1 is 1.23 bits per heavy atom. The van der Waals surface area contributed by atoms with E-state index in [2.05, 4.69) is 4.98 Å². The summed E-state index contributed by atoms with van der Waals surface area (Å²) in [6.45, 7) is 0. The van der Waals surface area contributed by atoms with Gasteiger partial charge in [-0.15, -0.1) is 0 Å². The third-order valence-corrected chi connectivity index (χ3v) is 1.81. The zero-order chi connectivity index (χ0) is 9.10. The summed E-state index contributed by atoms with van der Waals surface area (Å²) in [6, 6.07) is 5.54. The fourth-order valence-electron chi connectivity index (χ4n) is 1.16. The van der Waals surface area contributed by atoms with Crippen molar-refractivity contribution in [1.29, 1.82) is 0 Å². The van der Waals surface area contributed by atoms with Crippen molar-refractivity contribution < 1.29 is 4.79 Å². The van der Waals surface area contributed by atoms with Crippen LogP contribution < -0.4 is 0 Å². The molecular formula is C10H8N2O. The first kappa shape index (κ1) is 7.73. The first-order valence-electron chi connectivity index (χ1n) is 3.94. The van der Waals surface area contributed by atoms with Gasteiger partial charge >= 0.3 is 0 Å². The molecular weight excluding hydrogens is 164 g/mol. The Morgan fingerprint density at radius 3 is 2.62 bits per heavy atom. The highest BCUT2D eigenvalue weighted by molar-refractivity contribution is 5.74. The van der Waals surface area contributed by atoms with Gasteiger partial charge in [0.25, 0.3) is 0 Å². The van der Waals surface area contributed by atoms with E-state index >= 15 is 0 Å². The van der Waals surface area contributed by atoms with Crippen LogP contribution in [0.2, 0.25) is 0 Å². The molecule has 0 aliphatic carbocycles. The van der Waals surface area contributed by atoms with Gasteiger partial charge in [0.1, 0.15) is 0 Å². The predicted octanol–water partition coefficient (Wildman–Crippen LogP) is 1.68. The molecule has 0 unspecified atom stereocenters. The minimum Gasteiger partial charge on any atom is -0.323 e. The molecule has 2 aromatic heterocycles. The first-order valence-corrected chi connectivity index (χ1v) is 3.94.